The Bertz CT molecular complexity index is 852. The van der Waals surface area contributed by atoms with Crippen molar-refractivity contribution in [2.75, 3.05) is 6.61 Å². The quantitative estimate of drug-likeness (QED) is 0.691. The van der Waals surface area contributed by atoms with Gasteiger partial charge in [0, 0.05) is 30.7 Å². The maximum absolute atomic E-state index is 12.9. The number of carbonyl (C=O) groups excluding carboxylic acids is 1. The number of benzene rings is 1. The smallest absolute Gasteiger partial charge is 0.205 e. The number of ether oxygens (including phenoxy) is 1. The third kappa shape index (κ3) is 2.50. The van der Waals surface area contributed by atoms with E-state index in [-0.39, 0.29) is 5.78 Å². The zero-order valence-corrected chi connectivity index (χ0v) is 12.9. The molecule has 0 unspecified atom stereocenters. The molecule has 3 aromatic rings. The molecule has 0 saturated heterocycles. The Morgan fingerprint density at radius 1 is 1.17 bits per heavy atom. The Kier molecular flexibility index (Phi) is 3.58. The molecule has 0 radical (unpaired) electrons. The number of aryl methyl sites for hydroxylation is 2. The van der Waals surface area contributed by atoms with E-state index in [1.54, 1.807) is 12.4 Å². The van der Waals surface area contributed by atoms with Crippen molar-refractivity contribution >= 4 is 16.7 Å². The van der Waals surface area contributed by atoms with Crippen LogP contribution in [0.2, 0.25) is 0 Å². The van der Waals surface area contributed by atoms with Crippen molar-refractivity contribution in [1.82, 2.24) is 9.55 Å². The summed E-state index contributed by atoms with van der Waals surface area (Å²) < 4.78 is 7.98. The molecule has 23 heavy (non-hydrogen) atoms. The molecule has 116 valence electrons. The lowest BCUT2D eigenvalue weighted by Crippen LogP contribution is -2.15. The fraction of sp³-hybridized carbons (Fsp3) is 0.263. The zero-order valence-electron chi connectivity index (χ0n) is 12.9. The number of aromatic nitrogens is 2. The molecule has 0 N–H and O–H groups in total. The predicted octanol–water partition coefficient (Wildman–Crippen LogP) is 3.63. The van der Waals surface area contributed by atoms with Crippen LogP contribution in [0.5, 0.6) is 5.88 Å². The molecule has 0 saturated carbocycles. The highest BCUT2D eigenvalue weighted by Crippen LogP contribution is 2.35. The maximum Gasteiger partial charge on any atom is 0.205 e. The van der Waals surface area contributed by atoms with Gasteiger partial charge in [0.1, 0.15) is 0 Å². The van der Waals surface area contributed by atoms with Crippen molar-refractivity contribution in [3.63, 3.8) is 0 Å². The van der Waals surface area contributed by atoms with Crippen LogP contribution in [-0.2, 0) is 13.0 Å². The van der Waals surface area contributed by atoms with Crippen LogP contribution in [0.15, 0.2) is 48.8 Å². The number of carbonyl (C=O) groups is 1. The third-order valence-corrected chi connectivity index (χ3v) is 4.36. The summed E-state index contributed by atoms with van der Waals surface area (Å²) in [4.78, 5) is 16.9. The van der Waals surface area contributed by atoms with E-state index in [0.717, 1.165) is 47.3 Å². The van der Waals surface area contributed by atoms with Crippen molar-refractivity contribution in [3.05, 3.63) is 59.9 Å². The molecule has 0 bridgehead atoms. The van der Waals surface area contributed by atoms with Gasteiger partial charge in [-0.1, -0.05) is 18.2 Å². The molecule has 4 nitrogen and oxygen atoms in total. The lowest BCUT2D eigenvalue weighted by Gasteiger charge is -2.18. The minimum Gasteiger partial charge on any atom is -0.478 e. The summed E-state index contributed by atoms with van der Waals surface area (Å²) >= 11 is 0. The Hall–Kier alpha value is -2.62. The average Bonchev–Trinajstić information content (AvgIpc) is 2.95. The van der Waals surface area contributed by atoms with Crippen LogP contribution >= 0.6 is 0 Å². The molecule has 2 aromatic heterocycles. The molecule has 4 heteroatoms. The van der Waals surface area contributed by atoms with Gasteiger partial charge in [0.05, 0.1) is 17.7 Å². The van der Waals surface area contributed by atoms with Crippen LogP contribution in [-0.4, -0.2) is 21.9 Å². The van der Waals surface area contributed by atoms with E-state index in [9.17, 15) is 4.79 Å². The highest BCUT2D eigenvalue weighted by Gasteiger charge is 2.25. The van der Waals surface area contributed by atoms with E-state index < -0.39 is 0 Å². The number of nitrogens with zero attached hydrogens (tertiary/aromatic N) is 2. The molecule has 4 rings (SSSR count). The number of hydrogen-bond donors (Lipinski definition) is 0. The van der Waals surface area contributed by atoms with Gasteiger partial charge in [-0.2, -0.15) is 0 Å². The SMILES string of the molecule is O=C(CCc1ccncc1)c1c2n(c3ccccc13)CCCO2. The van der Waals surface area contributed by atoms with Gasteiger partial charge in [-0.15, -0.1) is 0 Å². The van der Waals surface area contributed by atoms with E-state index >= 15 is 0 Å². The molecular weight excluding hydrogens is 288 g/mol. The van der Waals surface area contributed by atoms with Crippen LogP contribution in [0, 0.1) is 0 Å². The lowest BCUT2D eigenvalue weighted by molar-refractivity contribution is 0.0978. The van der Waals surface area contributed by atoms with Crippen LogP contribution < -0.4 is 4.74 Å². The molecule has 0 atom stereocenters. The topological polar surface area (TPSA) is 44.1 Å². The Morgan fingerprint density at radius 2 is 2.00 bits per heavy atom. The second-order valence-electron chi connectivity index (χ2n) is 5.83. The van der Waals surface area contributed by atoms with E-state index in [0.29, 0.717) is 13.0 Å². The third-order valence-electron chi connectivity index (χ3n) is 4.36. The van der Waals surface area contributed by atoms with Crippen LogP contribution in [0.1, 0.15) is 28.8 Å². The normalized spacial score (nSPS) is 13.6. The summed E-state index contributed by atoms with van der Waals surface area (Å²) in [5.74, 6) is 0.894. The standard InChI is InChI=1S/C19H18N2O2/c22-17(7-6-14-8-10-20-11-9-14)18-15-4-1-2-5-16(15)21-12-3-13-23-19(18)21/h1-2,4-5,8-11H,3,6-7,12-13H2. The molecule has 0 fully saturated rings. The number of para-hydroxylation sites is 1. The van der Waals surface area contributed by atoms with Crippen LogP contribution in [0.3, 0.4) is 0 Å². The average molecular weight is 306 g/mol. The van der Waals surface area contributed by atoms with E-state index in [2.05, 4.69) is 15.6 Å². The van der Waals surface area contributed by atoms with Crippen LogP contribution in [0.25, 0.3) is 10.9 Å². The zero-order chi connectivity index (χ0) is 15.6. The van der Waals surface area contributed by atoms with E-state index in [4.69, 9.17) is 4.74 Å². The summed E-state index contributed by atoms with van der Waals surface area (Å²) in [6, 6.07) is 12.0. The van der Waals surface area contributed by atoms with Crippen molar-refractivity contribution in [2.24, 2.45) is 0 Å². The second-order valence-corrected chi connectivity index (χ2v) is 5.83. The van der Waals surface area contributed by atoms with Gasteiger partial charge in [0.15, 0.2) is 5.78 Å². The van der Waals surface area contributed by atoms with Crippen molar-refractivity contribution in [2.45, 2.75) is 25.8 Å². The molecule has 3 heterocycles. The van der Waals surface area contributed by atoms with Crippen LogP contribution in [0.4, 0.5) is 0 Å². The highest BCUT2D eigenvalue weighted by atomic mass is 16.5. The lowest BCUT2D eigenvalue weighted by atomic mass is 10.0. The fourth-order valence-electron chi connectivity index (χ4n) is 3.25. The number of Topliss-reactive ketones (excluding diaryl/α,β-unsaturated/α-hetero) is 1. The summed E-state index contributed by atoms with van der Waals surface area (Å²) in [5.41, 5.74) is 2.97. The first-order valence-electron chi connectivity index (χ1n) is 8.01. The molecule has 1 aliphatic heterocycles. The molecular formula is C19H18N2O2. The number of hydrogen-bond acceptors (Lipinski definition) is 3. The van der Waals surface area contributed by atoms with E-state index in [1.807, 2.05) is 30.3 Å². The maximum atomic E-state index is 12.9. The Balaban J connectivity index is 1.69. The van der Waals surface area contributed by atoms with Crippen molar-refractivity contribution in [3.8, 4) is 5.88 Å². The molecule has 0 aliphatic carbocycles. The first kappa shape index (κ1) is 14.0. The van der Waals surface area contributed by atoms with Gasteiger partial charge >= 0.3 is 0 Å². The number of fused-ring (bicyclic) bond motifs is 3. The first-order valence-corrected chi connectivity index (χ1v) is 8.01. The van der Waals surface area contributed by atoms with Gasteiger partial charge in [-0.3, -0.25) is 9.78 Å². The van der Waals surface area contributed by atoms with Gasteiger partial charge in [0.25, 0.3) is 0 Å². The largest absolute Gasteiger partial charge is 0.478 e. The van der Waals surface area contributed by atoms with Gasteiger partial charge in [-0.25, -0.2) is 0 Å². The molecule has 1 aromatic carbocycles. The molecule has 1 aliphatic rings. The summed E-state index contributed by atoms with van der Waals surface area (Å²) in [6.07, 6.45) is 5.71. The van der Waals surface area contributed by atoms with Gasteiger partial charge in [-0.05, 0) is 36.6 Å². The predicted molar refractivity (Wildman–Crippen MR) is 88.9 cm³/mol. The second kappa shape index (κ2) is 5.88. The highest BCUT2D eigenvalue weighted by molar-refractivity contribution is 6.10. The number of pyridine rings is 1. The minimum absolute atomic E-state index is 0.147. The first-order chi connectivity index (χ1) is 11.3. The summed E-state index contributed by atoms with van der Waals surface area (Å²) in [7, 11) is 0. The van der Waals surface area contributed by atoms with Gasteiger partial charge < -0.3 is 9.30 Å². The number of ketones is 1. The monoisotopic (exact) mass is 306 g/mol. The molecule has 0 spiro atoms. The Morgan fingerprint density at radius 3 is 2.87 bits per heavy atom. The van der Waals surface area contributed by atoms with E-state index in [1.165, 1.54) is 0 Å². The Labute approximate surface area is 134 Å². The van der Waals surface area contributed by atoms with Gasteiger partial charge in [0.2, 0.25) is 5.88 Å². The minimum atomic E-state index is 0.147. The summed E-state index contributed by atoms with van der Waals surface area (Å²) in [6.45, 7) is 1.59. The molecule has 0 amide bonds. The summed E-state index contributed by atoms with van der Waals surface area (Å²) in [5, 5.41) is 1.00. The van der Waals surface area contributed by atoms with Crippen molar-refractivity contribution in [1.29, 1.82) is 0 Å². The number of rotatable bonds is 4. The fourth-order valence-corrected chi connectivity index (χ4v) is 3.25. The van der Waals surface area contributed by atoms with Crippen molar-refractivity contribution < 1.29 is 9.53 Å².